The summed E-state index contributed by atoms with van der Waals surface area (Å²) >= 11 is 6.21. The van der Waals surface area contributed by atoms with Gasteiger partial charge in [-0.2, -0.15) is 5.10 Å². The quantitative estimate of drug-likeness (QED) is 0.685. The molecular weight excluding hydrogens is 352 g/mol. The molecule has 1 aromatic carbocycles. The van der Waals surface area contributed by atoms with Gasteiger partial charge in [-0.05, 0) is 62.1 Å². The summed E-state index contributed by atoms with van der Waals surface area (Å²) in [4.78, 5) is 16.7. The fourth-order valence-corrected chi connectivity index (χ4v) is 3.07. The van der Waals surface area contributed by atoms with Crippen LogP contribution < -0.4 is 5.32 Å². The molecule has 7 heteroatoms. The normalized spacial score (nSPS) is 14.6. The highest BCUT2D eigenvalue weighted by molar-refractivity contribution is 6.28. The number of hydrogen-bond donors (Lipinski definition) is 2. The number of rotatable bonds is 4. The van der Waals surface area contributed by atoms with Gasteiger partial charge in [-0.3, -0.25) is 4.79 Å². The smallest absolute Gasteiger partial charge is 0.256 e. The predicted octanol–water partition coefficient (Wildman–Crippen LogP) is 3.74. The van der Waals surface area contributed by atoms with E-state index in [4.69, 9.17) is 11.6 Å². The van der Waals surface area contributed by atoms with Crippen LogP contribution in [0.5, 0.6) is 0 Å². The summed E-state index contributed by atoms with van der Waals surface area (Å²) in [6.45, 7) is 3.40. The fraction of sp³-hybridized carbons (Fsp3) is 0.316. The van der Waals surface area contributed by atoms with Gasteiger partial charge in [0.15, 0.2) is 0 Å². The Hall–Kier alpha value is -2.44. The van der Waals surface area contributed by atoms with Crippen LogP contribution in [0.3, 0.4) is 0 Å². The molecule has 0 atom stereocenters. The average Bonchev–Trinajstić information content (AvgIpc) is 3.34. The van der Waals surface area contributed by atoms with Crippen molar-refractivity contribution in [1.29, 1.82) is 0 Å². The number of hydrogen-bond acceptors (Lipinski definition) is 4. The van der Waals surface area contributed by atoms with Gasteiger partial charge >= 0.3 is 0 Å². The summed E-state index contributed by atoms with van der Waals surface area (Å²) in [5.74, 6) is 0.599. The van der Waals surface area contributed by atoms with Crippen LogP contribution in [0.1, 0.15) is 54.2 Å². The first-order valence-corrected chi connectivity index (χ1v) is 8.89. The zero-order valence-corrected chi connectivity index (χ0v) is 15.3. The standard InChI is InChI=1S/C19H19ClN4O2/c1-19(2,26)13-7-5-12(6-8-13)17(25)21-16-10-14-9-15(11-3-4-11)23-24(14)18(20)22-16/h5-11,26H,3-4H2,1-2H3,(H,21,25). The number of carbonyl (C=O) groups excluding carboxylic acids is 1. The number of aliphatic hydroxyl groups is 1. The van der Waals surface area contributed by atoms with E-state index in [1.807, 2.05) is 6.07 Å². The van der Waals surface area contributed by atoms with Crippen molar-refractivity contribution in [3.63, 3.8) is 0 Å². The zero-order valence-electron chi connectivity index (χ0n) is 14.5. The van der Waals surface area contributed by atoms with Gasteiger partial charge in [0.25, 0.3) is 5.91 Å². The summed E-state index contributed by atoms with van der Waals surface area (Å²) in [7, 11) is 0. The van der Waals surface area contributed by atoms with Gasteiger partial charge in [-0.25, -0.2) is 9.50 Å². The molecular formula is C19H19ClN4O2. The van der Waals surface area contributed by atoms with E-state index >= 15 is 0 Å². The monoisotopic (exact) mass is 370 g/mol. The van der Waals surface area contributed by atoms with Gasteiger partial charge in [0, 0.05) is 17.5 Å². The Kier molecular flexibility index (Phi) is 3.97. The predicted molar refractivity (Wildman–Crippen MR) is 99.6 cm³/mol. The van der Waals surface area contributed by atoms with E-state index in [1.165, 1.54) is 0 Å². The molecule has 0 bridgehead atoms. The number of carbonyl (C=O) groups is 1. The highest BCUT2D eigenvalue weighted by Crippen LogP contribution is 2.39. The van der Waals surface area contributed by atoms with E-state index in [2.05, 4.69) is 15.4 Å². The third-order valence-corrected chi connectivity index (χ3v) is 4.76. The highest BCUT2D eigenvalue weighted by Gasteiger charge is 2.27. The van der Waals surface area contributed by atoms with Crippen LogP contribution in [0, 0.1) is 0 Å². The molecule has 6 nitrogen and oxygen atoms in total. The van der Waals surface area contributed by atoms with Crippen molar-refractivity contribution < 1.29 is 9.90 Å². The van der Waals surface area contributed by atoms with Crippen molar-refractivity contribution in [1.82, 2.24) is 14.6 Å². The summed E-state index contributed by atoms with van der Waals surface area (Å²) in [5.41, 5.74) is 2.08. The van der Waals surface area contributed by atoms with Crippen molar-refractivity contribution in [2.45, 2.75) is 38.2 Å². The van der Waals surface area contributed by atoms with Crippen LogP contribution in [0.2, 0.25) is 5.28 Å². The Morgan fingerprint density at radius 2 is 1.96 bits per heavy atom. The molecule has 2 heterocycles. The summed E-state index contributed by atoms with van der Waals surface area (Å²) in [6.07, 6.45) is 2.30. The molecule has 134 valence electrons. The second-order valence-corrected chi connectivity index (χ2v) is 7.52. The topological polar surface area (TPSA) is 79.5 Å². The molecule has 1 saturated carbocycles. The Labute approximate surface area is 155 Å². The SMILES string of the molecule is CC(C)(O)c1ccc(C(=O)Nc2cc3cc(C4CC4)nn3c(Cl)n2)cc1. The minimum Gasteiger partial charge on any atom is -0.386 e. The molecule has 0 aliphatic heterocycles. The lowest BCUT2D eigenvalue weighted by molar-refractivity contribution is 0.0785. The lowest BCUT2D eigenvalue weighted by atomic mass is 9.97. The first-order valence-electron chi connectivity index (χ1n) is 8.52. The summed E-state index contributed by atoms with van der Waals surface area (Å²) in [6, 6.07) is 10.6. The Morgan fingerprint density at radius 3 is 2.58 bits per heavy atom. The maximum absolute atomic E-state index is 12.5. The van der Waals surface area contributed by atoms with Gasteiger partial charge in [-0.1, -0.05) is 12.1 Å². The summed E-state index contributed by atoms with van der Waals surface area (Å²) < 4.78 is 1.59. The van der Waals surface area contributed by atoms with Crippen LogP contribution in [0.15, 0.2) is 36.4 Å². The van der Waals surface area contributed by atoms with Crippen molar-refractivity contribution >= 4 is 28.8 Å². The first kappa shape index (κ1) is 17.0. The molecule has 0 radical (unpaired) electrons. The molecule has 0 saturated heterocycles. The number of aromatic nitrogens is 3. The third kappa shape index (κ3) is 3.30. The van der Waals surface area contributed by atoms with Crippen LogP contribution in [0.4, 0.5) is 5.82 Å². The lowest BCUT2D eigenvalue weighted by Crippen LogP contribution is -2.17. The minimum absolute atomic E-state index is 0.210. The van der Waals surface area contributed by atoms with Crippen LogP contribution >= 0.6 is 11.6 Å². The molecule has 4 rings (SSSR count). The van der Waals surface area contributed by atoms with Crippen LogP contribution in [-0.4, -0.2) is 25.6 Å². The molecule has 26 heavy (non-hydrogen) atoms. The zero-order chi connectivity index (χ0) is 18.5. The Morgan fingerprint density at radius 1 is 1.27 bits per heavy atom. The minimum atomic E-state index is -0.948. The number of benzene rings is 1. The number of amides is 1. The molecule has 2 aromatic heterocycles. The van der Waals surface area contributed by atoms with Crippen LogP contribution in [0.25, 0.3) is 5.52 Å². The number of nitrogens with one attached hydrogen (secondary N) is 1. The number of halogens is 1. The van der Waals surface area contributed by atoms with Crippen molar-refractivity contribution in [2.24, 2.45) is 0 Å². The van der Waals surface area contributed by atoms with Crippen LogP contribution in [-0.2, 0) is 5.60 Å². The van der Waals surface area contributed by atoms with Crippen molar-refractivity contribution in [3.8, 4) is 0 Å². The maximum Gasteiger partial charge on any atom is 0.256 e. The van der Waals surface area contributed by atoms with Gasteiger partial charge in [-0.15, -0.1) is 0 Å². The largest absolute Gasteiger partial charge is 0.386 e. The van der Waals surface area contributed by atoms with Gasteiger partial charge < -0.3 is 10.4 Å². The number of nitrogens with zero attached hydrogens (tertiary/aromatic N) is 3. The number of fused-ring (bicyclic) bond motifs is 1. The van der Waals surface area contributed by atoms with E-state index in [0.717, 1.165) is 29.6 Å². The van der Waals surface area contributed by atoms with Crippen molar-refractivity contribution in [2.75, 3.05) is 5.32 Å². The molecule has 0 spiro atoms. The van der Waals surface area contributed by atoms with Gasteiger partial charge in [0.2, 0.25) is 5.28 Å². The molecule has 2 N–H and O–H groups in total. The van der Waals surface area contributed by atoms with E-state index < -0.39 is 5.60 Å². The number of anilines is 1. The first-order chi connectivity index (χ1) is 12.3. The molecule has 1 aliphatic carbocycles. The fourth-order valence-electron chi connectivity index (χ4n) is 2.85. The molecule has 1 amide bonds. The van der Waals surface area contributed by atoms with E-state index in [0.29, 0.717) is 17.3 Å². The third-order valence-electron chi connectivity index (χ3n) is 4.52. The Balaban J connectivity index is 1.57. The molecule has 3 aromatic rings. The van der Waals surface area contributed by atoms with E-state index in [-0.39, 0.29) is 11.2 Å². The summed E-state index contributed by atoms with van der Waals surface area (Å²) in [5, 5.41) is 17.4. The average molecular weight is 371 g/mol. The van der Waals surface area contributed by atoms with Crippen molar-refractivity contribution in [3.05, 3.63) is 58.5 Å². The van der Waals surface area contributed by atoms with E-state index in [1.54, 1.807) is 48.7 Å². The van der Waals surface area contributed by atoms with E-state index in [9.17, 15) is 9.90 Å². The lowest BCUT2D eigenvalue weighted by Gasteiger charge is -2.17. The molecule has 1 aliphatic rings. The van der Waals surface area contributed by atoms with Gasteiger partial charge in [0.1, 0.15) is 5.82 Å². The maximum atomic E-state index is 12.5. The second kappa shape index (κ2) is 6.07. The van der Waals surface area contributed by atoms with Gasteiger partial charge in [0.05, 0.1) is 16.8 Å². The highest BCUT2D eigenvalue weighted by atomic mass is 35.5. The molecule has 1 fully saturated rings. The second-order valence-electron chi connectivity index (χ2n) is 7.18. The Bertz CT molecular complexity index is 985. The molecule has 0 unspecified atom stereocenters.